The van der Waals surface area contributed by atoms with E-state index in [-0.39, 0.29) is 29.9 Å². The zero-order valence-corrected chi connectivity index (χ0v) is 20.8. The highest BCUT2D eigenvalue weighted by molar-refractivity contribution is 5.82. The van der Waals surface area contributed by atoms with E-state index < -0.39 is 6.10 Å². The van der Waals surface area contributed by atoms with Gasteiger partial charge in [0.15, 0.2) is 6.10 Å². The van der Waals surface area contributed by atoms with Crippen molar-refractivity contribution in [2.24, 2.45) is 5.92 Å². The van der Waals surface area contributed by atoms with E-state index in [1.165, 1.54) is 11.1 Å². The largest absolute Gasteiger partial charge is 0.481 e. The number of hydrogen-bond acceptors (Lipinski definition) is 4. The Hall–Kier alpha value is -2.86. The molecule has 0 spiro atoms. The van der Waals surface area contributed by atoms with Gasteiger partial charge in [0.2, 0.25) is 5.91 Å². The molecule has 3 atom stereocenters. The topological polar surface area (TPSA) is 67.9 Å². The first-order valence-corrected chi connectivity index (χ1v) is 13.1. The van der Waals surface area contributed by atoms with Crippen molar-refractivity contribution in [3.8, 4) is 5.75 Å². The lowest BCUT2D eigenvalue weighted by Crippen LogP contribution is -2.42. The van der Waals surface area contributed by atoms with Crippen molar-refractivity contribution in [2.75, 3.05) is 19.7 Å². The lowest BCUT2D eigenvalue weighted by atomic mass is 9.87. The molecule has 0 bridgehead atoms. The van der Waals surface area contributed by atoms with E-state index in [4.69, 9.17) is 9.47 Å². The minimum atomic E-state index is -0.570. The maximum atomic E-state index is 13.2. The Bertz CT molecular complexity index is 1070. The summed E-state index contributed by atoms with van der Waals surface area (Å²) in [5.41, 5.74) is 4.64. The van der Waals surface area contributed by atoms with Gasteiger partial charge in [-0.15, -0.1) is 0 Å². The second-order valence-electron chi connectivity index (χ2n) is 10.1. The van der Waals surface area contributed by atoms with E-state index in [1.54, 1.807) is 0 Å². The van der Waals surface area contributed by atoms with Crippen LogP contribution in [0.4, 0.5) is 0 Å². The molecule has 0 unspecified atom stereocenters. The first-order valence-electron chi connectivity index (χ1n) is 13.1. The van der Waals surface area contributed by atoms with Crippen LogP contribution in [0, 0.1) is 12.8 Å². The van der Waals surface area contributed by atoms with Crippen LogP contribution in [0.3, 0.4) is 0 Å². The van der Waals surface area contributed by atoms with Crippen molar-refractivity contribution >= 4 is 11.8 Å². The number of hydrogen-bond donors (Lipinski definition) is 1. The van der Waals surface area contributed by atoms with Crippen LogP contribution in [0.2, 0.25) is 0 Å². The molecular formula is C29H36N2O4. The highest BCUT2D eigenvalue weighted by atomic mass is 16.5. The number of carbonyl (C=O) groups excluding carboxylic acids is 2. The van der Waals surface area contributed by atoms with E-state index in [9.17, 15) is 9.59 Å². The Morgan fingerprint density at radius 2 is 2.03 bits per heavy atom. The summed E-state index contributed by atoms with van der Waals surface area (Å²) in [7, 11) is 0. The van der Waals surface area contributed by atoms with E-state index in [0.29, 0.717) is 18.7 Å². The standard InChI is InChI=1S/C29H36N2O4/c1-3-26(28(32)30-18-24-8-5-15-34-24)35-23-12-11-20-13-14-31(29(33)21-9-10-21)27(25(20)17-23)22-7-4-6-19(2)16-22/h4,6-7,11-12,16-17,21,24,26-27H,3,5,8-10,13-15,18H2,1-2H3,(H,30,32)/t24-,26+,27-/m1/s1. The maximum Gasteiger partial charge on any atom is 0.261 e. The van der Waals surface area contributed by atoms with Gasteiger partial charge in [0.1, 0.15) is 5.75 Å². The van der Waals surface area contributed by atoms with Crippen LogP contribution in [0.5, 0.6) is 5.75 Å². The molecule has 2 fully saturated rings. The number of ether oxygens (including phenoxy) is 2. The Labute approximate surface area is 208 Å². The highest BCUT2D eigenvalue weighted by Gasteiger charge is 2.39. The van der Waals surface area contributed by atoms with Crippen molar-refractivity contribution < 1.29 is 19.1 Å². The van der Waals surface area contributed by atoms with E-state index in [0.717, 1.165) is 56.4 Å². The van der Waals surface area contributed by atoms with Crippen LogP contribution in [0.25, 0.3) is 0 Å². The fourth-order valence-electron chi connectivity index (χ4n) is 5.29. The van der Waals surface area contributed by atoms with Gasteiger partial charge in [-0.25, -0.2) is 0 Å². The van der Waals surface area contributed by atoms with Crippen molar-refractivity contribution in [3.63, 3.8) is 0 Å². The number of fused-ring (bicyclic) bond motifs is 1. The third-order valence-corrected chi connectivity index (χ3v) is 7.38. The van der Waals surface area contributed by atoms with Gasteiger partial charge >= 0.3 is 0 Å². The van der Waals surface area contributed by atoms with E-state index >= 15 is 0 Å². The Balaban J connectivity index is 1.39. The monoisotopic (exact) mass is 476 g/mol. The number of carbonyl (C=O) groups is 2. The third kappa shape index (κ3) is 5.37. The zero-order valence-electron chi connectivity index (χ0n) is 20.8. The lowest BCUT2D eigenvalue weighted by Gasteiger charge is -2.38. The van der Waals surface area contributed by atoms with Crippen molar-refractivity contribution in [2.45, 2.75) is 70.6 Å². The molecule has 5 rings (SSSR count). The van der Waals surface area contributed by atoms with Gasteiger partial charge in [0.05, 0.1) is 12.1 Å². The Morgan fingerprint density at radius 1 is 1.17 bits per heavy atom. The predicted octanol–water partition coefficient (Wildman–Crippen LogP) is 4.33. The fraction of sp³-hybridized carbons (Fsp3) is 0.517. The summed E-state index contributed by atoms with van der Waals surface area (Å²) in [5, 5.41) is 3.00. The lowest BCUT2D eigenvalue weighted by molar-refractivity contribution is -0.134. The van der Waals surface area contributed by atoms with E-state index in [2.05, 4.69) is 47.5 Å². The van der Waals surface area contributed by atoms with Gasteiger partial charge < -0.3 is 19.7 Å². The first kappa shape index (κ1) is 23.9. The molecule has 3 aliphatic rings. The van der Waals surface area contributed by atoms with Crippen LogP contribution < -0.4 is 10.1 Å². The minimum absolute atomic E-state index is 0.102. The molecule has 0 aromatic heterocycles. The fourth-order valence-corrected chi connectivity index (χ4v) is 5.29. The molecule has 35 heavy (non-hydrogen) atoms. The summed E-state index contributed by atoms with van der Waals surface area (Å²) >= 11 is 0. The van der Waals surface area contributed by atoms with Gasteiger partial charge in [-0.05, 0) is 74.3 Å². The molecule has 1 aliphatic carbocycles. The number of aryl methyl sites for hydroxylation is 1. The minimum Gasteiger partial charge on any atom is -0.481 e. The number of nitrogens with one attached hydrogen (secondary N) is 1. The van der Waals surface area contributed by atoms with Gasteiger partial charge in [0, 0.05) is 25.6 Å². The van der Waals surface area contributed by atoms with Crippen LogP contribution in [0.1, 0.15) is 67.3 Å². The molecule has 6 nitrogen and oxygen atoms in total. The third-order valence-electron chi connectivity index (χ3n) is 7.38. The number of rotatable bonds is 8. The predicted molar refractivity (Wildman–Crippen MR) is 134 cm³/mol. The molecule has 1 N–H and O–H groups in total. The summed E-state index contributed by atoms with van der Waals surface area (Å²) in [6.07, 6.45) is 4.95. The van der Waals surface area contributed by atoms with Crippen LogP contribution >= 0.6 is 0 Å². The normalized spacial score (nSPS) is 22.4. The molecule has 186 valence electrons. The summed E-state index contributed by atoms with van der Waals surface area (Å²) in [5.74, 6) is 0.983. The molecule has 1 saturated heterocycles. The molecule has 2 amide bonds. The molecular weight excluding hydrogens is 440 g/mol. The smallest absolute Gasteiger partial charge is 0.261 e. The van der Waals surface area contributed by atoms with Gasteiger partial charge in [-0.2, -0.15) is 0 Å². The quantitative estimate of drug-likeness (QED) is 0.616. The summed E-state index contributed by atoms with van der Waals surface area (Å²) < 4.78 is 11.8. The summed E-state index contributed by atoms with van der Waals surface area (Å²) in [6, 6.07) is 14.4. The van der Waals surface area contributed by atoms with Gasteiger partial charge in [0.25, 0.3) is 5.91 Å². The second-order valence-corrected chi connectivity index (χ2v) is 10.1. The molecule has 6 heteroatoms. The van der Waals surface area contributed by atoms with Crippen LogP contribution in [0.15, 0.2) is 42.5 Å². The zero-order chi connectivity index (χ0) is 24.4. The molecule has 0 radical (unpaired) electrons. The maximum absolute atomic E-state index is 13.2. The van der Waals surface area contributed by atoms with Gasteiger partial charge in [-0.1, -0.05) is 42.8 Å². The van der Waals surface area contributed by atoms with Crippen molar-refractivity contribution in [1.82, 2.24) is 10.2 Å². The highest BCUT2D eigenvalue weighted by Crippen LogP contribution is 2.41. The van der Waals surface area contributed by atoms with Gasteiger partial charge in [-0.3, -0.25) is 9.59 Å². The summed E-state index contributed by atoms with van der Waals surface area (Å²) in [6.45, 7) is 6.06. The average molecular weight is 477 g/mol. The van der Waals surface area contributed by atoms with Crippen LogP contribution in [-0.4, -0.2) is 48.6 Å². The molecule has 2 aromatic carbocycles. The number of benzene rings is 2. The molecule has 1 saturated carbocycles. The molecule has 2 aromatic rings. The Morgan fingerprint density at radius 3 is 2.74 bits per heavy atom. The van der Waals surface area contributed by atoms with Crippen molar-refractivity contribution in [1.29, 1.82) is 0 Å². The number of nitrogens with zero attached hydrogens (tertiary/aromatic N) is 1. The first-order chi connectivity index (χ1) is 17.0. The molecule has 2 heterocycles. The SMILES string of the molecule is CC[C@H](Oc1ccc2c(c1)[C@@H](c1cccc(C)c1)N(C(=O)C1CC1)CC2)C(=O)NC[C@H]1CCCO1. The second kappa shape index (κ2) is 10.4. The summed E-state index contributed by atoms with van der Waals surface area (Å²) in [4.78, 5) is 28.1. The molecule has 2 aliphatic heterocycles. The Kier molecular flexibility index (Phi) is 7.09. The van der Waals surface area contributed by atoms with E-state index in [1.807, 2.05) is 19.1 Å². The van der Waals surface area contributed by atoms with Crippen LogP contribution in [-0.2, 0) is 20.7 Å². The number of amides is 2. The average Bonchev–Trinajstić information content (AvgIpc) is 3.59. The van der Waals surface area contributed by atoms with Crippen molar-refractivity contribution in [3.05, 3.63) is 64.7 Å².